The van der Waals surface area contributed by atoms with E-state index in [0.717, 1.165) is 16.0 Å². The maximum absolute atomic E-state index is 12.8. The van der Waals surface area contributed by atoms with E-state index in [1.54, 1.807) is 17.0 Å². The van der Waals surface area contributed by atoms with E-state index >= 15 is 0 Å². The van der Waals surface area contributed by atoms with Crippen molar-refractivity contribution in [3.05, 3.63) is 51.4 Å². The molecule has 0 aliphatic carbocycles. The van der Waals surface area contributed by atoms with Gasteiger partial charge in [0.25, 0.3) is 5.91 Å². The summed E-state index contributed by atoms with van der Waals surface area (Å²) in [6, 6.07) is 7.36. The van der Waals surface area contributed by atoms with Crippen LogP contribution < -0.4 is 5.32 Å². The first kappa shape index (κ1) is 23.0. The summed E-state index contributed by atoms with van der Waals surface area (Å²) in [6.45, 7) is 11.2. The minimum atomic E-state index is -1.06. The Balaban J connectivity index is 1.82. The fourth-order valence-electron chi connectivity index (χ4n) is 3.71. The minimum absolute atomic E-state index is 0.0167. The number of hydrogen-bond acceptors (Lipinski definition) is 4. The lowest BCUT2D eigenvalue weighted by Gasteiger charge is -2.27. The number of rotatable bonds is 5. The third kappa shape index (κ3) is 5.15. The van der Waals surface area contributed by atoms with Crippen molar-refractivity contribution in [3.8, 4) is 0 Å². The summed E-state index contributed by atoms with van der Waals surface area (Å²) in [5.74, 6) is -1.05. The molecule has 0 saturated carbocycles. The number of benzene rings is 1. The van der Waals surface area contributed by atoms with Gasteiger partial charge in [-0.15, -0.1) is 11.3 Å². The second kappa shape index (κ2) is 8.83. The van der Waals surface area contributed by atoms with Gasteiger partial charge in [0.05, 0.1) is 12.1 Å². The lowest BCUT2D eigenvalue weighted by atomic mass is 9.87. The summed E-state index contributed by atoms with van der Waals surface area (Å²) < 4.78 is 0. The number of carbonyl (C=O) groups is 3. The van der Waals surface area contributed by atoms with Crippen molar-refractivity contribution in [3.63, 3.8) is 0 Å². The van der Waals surface area contributed by atoms with E-state index in [4.69, 9.17) is 0 Å². The molecule has 7 heteroatoms. The molecule has 31 heavy (non-hydrogen) atoms. The van der Waals surface area contributed by atoms with Gasteiger partial charge in [-0.3, -0.25) is 9.59 Å². The molecule has 1 aliphatic heterocycles. The number of carboxylic acid groups (broad SMARTS) is 1. The van der Waals surface area contributed by atoms with Crippen LogP contribution in [0.5, 0.6) is 0 Å². The van der Waals surface area contributed by atoms with Gasteiger partial charge in [0.1, 0.15) is 5.00 Å². The number of nitrogens with one attached hydrogen (secondary N) is 1. The second-order valence-electron chi connectivity index (χ2n) is 9.46. The van der Waals surface area contributed by atoms with Crippen LogP contribution in [0.15, 0.2) is 24.3 Å². The van der Waals surface area contributed by atoms with Crippen molar-refractivity contribution in [2.75, 3.05) is 11.9 Å². The number of nitrogens with zero attached hydrogens (tertiary/aromatic N) is 1. The molecule has 1 aromatic heterocycles. The summed E-state index contributed by atoms with van der Waals surface area (Å²) in [5, 5.41) is 12.9. The number of carboxylic acids is 1. The Bertz CT molecular complexity index is 1000. The SMILES string of the molecule is CC(C)CC(=O)N1CCc2c(sc(NC(=O)c3ccc(C(C)(C)C)cc3)c2C(=O)O)C1. The van der Waals surface area contributed by atoms with Gasteiger partial charge in [0.2, 0.25) is 5.91 Å². The van der Waals surface area contributed by atoms with E-state index in [1.165, 1.54) is 11.3 Å². The molecule has 0 atom stereocenters. The first-order valence-electron chi connectivity index (χ1n) is 10.5. The van der Waals surface area contributed by atoms with Gasteiger partial charge in [0.15, 0.2) is 0 Å². The molecule has 0 fully saturated rings. The summed E-state index contributed by atoms with van der Waals surface area (Å²) in [6.07, 6.45) is 0.952. The molecule has 0 unspecified atom stereocenters. The summed E-state index contributed by atoms with van der Waals surface area (Å²) >= 11 is 1.25. The van der Waals surface area contributed by atoms with Crippen molar-refractivity contribution in [2.45, 2.75) is 59.4 Å². The Morgan fingerprint density at radius 2 is 1.81 bits per heavy atom. The smallest absolute Gasteiger partial charge is 0.339 e. The zero-order valence-electron chi connectivity index (χ0n) is 18.7. The molecule has 2 aromatic rings. The molecule has 1 aliphatic rings. The van der Waals surface area contributed by atoms with Gasteiger partial charge in [-0.1, -0.05) is 46.8 Å². The lowest BCUT2D eigenvalue weighted by molar-refractivity contribution is -0.132. The highest BCUT2D eigenvalue weighted by atomic mass is 32.1. The van der Waals surface area contributed by atoms with Gasteiger partial charge in [-0.2, -0.15) is 0 Å². The van der Waals surface area contributed by atoms with Gasteiger partial charge in [-0.25, -0.2) is 4.79 Å². The van der Waals surface area contributed by atoms with Crippen molar-refractivity contribution >= 4 is 34.1 Å². The number of hydrogen-bond donors (Lipinski definition) is 2. The van der Waals surface area contributed by atoms with Crippen molar-refractivity contribution in [2.24, 2.45) is 5.92 Å². The number of thiophene rings is 1. The van der Waals surface area contributed by atoms with Crippen LogP contribution >= 0.6 is 11.3 Å². The highest BCUT2D eigenvalue weighted by Crippen LogP contribution is 2.37. The molecule has 0 radical (unpaired) electrons. The fraction of sp³-hybridized carbons (Fsp3) is 0.458. The zero-order chi connectivity index (χ0) is 22.9. The highest BCUT2D eigenvalue weighted by molar-refractivity contribution is 7.17. The van der Waals surface area contributed by atoms with Crippen LogP contribution in [0.25, 0.3) is 0 Å². The third-order valence-electron chi connectivity index (χ3n) is 5.45. The van der Waals surface area contributed by atoms with E-state index in [9.17, 15) is 19.5 Å². The Labute approximate surface area is 187 Å². The molecule has 1 aromatic carbocycles. The summed E-state index contributed by atoms with van der Waals surface area (Å²) in [5.41, 5.74) is 2.45. The van der Waals surface area contributed by atoms with E-state index in [1.807, 2.05) is 26.0 Å². The topological polar surface area (TPSA) is 86.7 Å². The predicted molar refractivity (Wildman–Crippen MR) is 123 cm³/mol. The summed E-state index contributed by atoms with van der Waals surface area (Å²) in [4.78, 5) is 39.8. The van der Waals surface area contributed by atoms with E-state index in [2.05, 4.69) is 26.1 Å². The largest absolute Gasteiger partial charge is 0.478 e. The maximum atomic E-state index is 12.8. The van der Waals surface area contributed by atoms with Crippen molar-refractivity contribution < 1.29 is 19.5 Å². The number of amides is 2. The van der Waals surface area contributed by atoms with E-state index in [0.29, 0.717) is 36.5 Å². The lowest BCUT2D eigenvalue weighted by Crippen LogP contribution is -2.36. The van der Waals surface area contributed by atoms with Crippen molar-refractivity contribution in [1.29, 1.82) is 0 Å². The van der Waals surface area contributed by atoms with Gasteiger partial charge in [-0.05, 0) is 41.0 Å². The Kier molecular flexibility index (Phi) is 6.55. The minimum Gasteiger partial charge on any atom is -0.478 e. The van der Waals surface area contributed by atoms with Crippen molar-refractivity contribution in [1.82, 2.24) is 4.90 Å². The van der Waals surface area contributed by atoms with Crippen LogP contribution in [0.1, 0.15) is 77.8 Å². The standard InChI is InChI=1S/C24H30N2O4S/c1-14(2)12-19(27)26-11-10-17-18(13-26)31-22(20(17)23(29)30)25-21(28)15-6-8-16(9-7-15)24(3,4)5/h6-9,14H,10-13H2,1-5H3,(H,25,28)(H,29,30). The van der Waals surface area contributed by atoms with E-state index < -0.39 is 5.97 Å². The first-order valence-corrected chi connectivity index (χ1v) is 11.4. The van der Waals surface area contributed by atoms with Crippen LogP contribution in [0, 0.1) is 5.92 Å². The Morgan fingerprint density at radius 3 is 2.35 bits per heavy atom. The zero-order valence-corrected chi connectivity index (χ0v) is 19.6. The van der Waals surface area contributed by atoms with Crippen LogP contribution in [-0.2, 0) is 23.2 Å². The maximum Gasteiger partial charge on any atom is 0.339 e. The Morgan fingerprint density at radius 1 is 1.16 bits per heavy atom. The Hall–Kier alpha value is -2.67. The van der Waals surface area contributed by atoms with Crippen LogP contribution in [0.2, 0.25) is 0 Å². The number of carbonyl (C=O) groups excluding carboxylic acids is 2. The molecular weight excluding hydrogens is 412 g/mol. The quantitative estimate of drug-likeness (QED) is 0.688. The van der Waals surface area contributed by atoms with Gasteiger partial charge >= 0.3 is 5.97 Å². The molecule has 0 saturated heterocycles. The van der Waals surface area contributed by atoms with Crippen LogP contribution in [0.3, 0.4) is 0 Å². The summed E-state index contributed by atoms with van der Waals surface area (Å²) in [7, 11) is 0. The highest BCUT2D eigenvalue weighted by Gasteiger charge is 2.30. The third-order valence-corrected chi connectivity index (χ3v) is 6.58. The molecule has 3 rings (SSSR count). The average molecular weight is 443 g/mol. The molecule has 2 heterocycles. The monoisotopic (exact) mass is 442 g/mol. The fourth-order valence-corrected chi connectivity index (χ4v) is 4.96. The molecule has 2 N–H and O–H groups in total. The molecular formula is C24H30N2O4S. The first-order chi connectivity index (χ1) is 14.5. The number of aromatic carboxylic acids is 1. The number of anilines is 1. The van der Waals surface area contributed by atoms with Gasteiger partial charge in [0, 0.05) is 23.4 Å². The molecule has 2 amide bonds. The number of fused-ring (bicyclic) bond motifs is 1. The second-order valence-corrected chi connectivity index (χ2v) is 10.6. The molecule has 166 valence electrons. The molecule has 0 bridgehead atoms. The molecule has 6 nitrogen and oxygen atoms in total. The normalized spacial score (nSPS) is 13.8. The average Bonchev–Trinajstić information content (AvgIpc) is 3.03. The van der Waals surface area contributed by atoms with E-state index in [-0.39, 0.29) is 28.7 Å². The predicted octanol–water partition coefficient (Wildman–Crippen LogP) is 4.93. The van der Waals surface area contributed by atoms with Crippen LogP contribution in [-0.4, -0.2) is 34.3 Å². The molecule has 0 spiro atoms. The van der Waals surface area contributed by atoms with Crippen LogP contribution in [0.4, 0.5) is 5.00 Å². The van der Waals surface area contributed by atoms with Gasteiger partial charge < -0.3 is 15.3 Å².